The van der Waals surface area contributed by atoms with E-state index < -0.39 is 24.4 Å². The van der Waals surface area contributed by atoms with Crippen LogP contribution in [0.2, 0.25) is 0 Å². The number of hydrogen-bond donors (Lipinski definition) is 2. The molecule has 0 saturated carbocycles. The highest BCUT2D eigenvalue weighted by Crippen LogP contribution is 2.18. The second-order valence-corrected chi connectivity index (χ2v) is 7.50. The molecule has 2 amide bonds. The smallest absolute Gasteiger partial charge is 0.338 e. The Labute approximate surface area is 182 Å². The van der Waals surface area contributed by atoms with E-state index in [1.807, 2.05) is 36.6 Å². The van der Waals surface area contributed by atoms with Crippen LogP contribution in [-0.2, 0) is 9.53 Å². The van der Waals surface area contributed by atoms with Crippen molar-refractivity contribution in [3.63, 3.8) is 0 Å². The quantitative estimate of drug-likeness (QED) is 0.442. The van der Waals surface area contributed by atoms with Gasteiger partial charge in [0.05, 0.1) is 5.56 Å². The molecule has 0 aliphatic heterocycles. The summed E-state index contributed by atoms with van der Waals surface area (Å²) in [5.74, 6) is -1.76. The van der Waals surface area contributed by atoms with Crippen molar-refractivity contribution >= 4 is 33.7 Å². The molecule has 0 aliphatic rings. The summed E-state index contributed by atoms with van der Waals surface area (Å²) in [6, 6.07) is 17.6. The number of esters is 1. The number of nitrogens with zero attached hydrogens (tertiary/aromatic N) is 1. The zero-order chi connectivity index (χ0) is 21.7. The molecule has 3 aromatic rings. The predicted octanol–water partition coefficient (Wildman–Crippen LogP) is 3.47. The molecule has 0 bridgehead atoms. The third kappa shape index (κ3) is 5.15. The maximum absolute atomic E-state index is 12.3. The standard InChI is InChI=1S/C22H20BrN3O4/c1-14-6-7-15(2)26(14)19-5-3-4-17(12-19)22(29)30-13-20(27)24-25-21(28)16-8-10-18(23)11-9-16/h3-12H,13H2,1-2H3,(H,24,27)(H,25,28). The summed E-state index contributed by atoms with van der Waals surface area (Å²) in [7, 11) is 0. The van der Waals surface area contributed by atoms with Crippen LogP contribution in [0.25, 0.3) is 5.69 Å². The first kappa shape index (κ1) is 21.3. The van der Waals surface area contributed by atoms with E-state index in [2.05, 4.69) is 26.8 Å². The lowest BCUT2D eigenvalue weighted by molar-refractivity contribution is -0.125. The average molecular weight is 470 g/mol. The Morgan fingerprint density at radius 2 is 1.57 bits per heavy atom. The van der Waals surface area contributed by atoms with Gasteiger partial charge in [-0.1, -0.05) is 22.0 Å². The van der Waals surface area contributed by atoms with E-state index >= 15 is 0 Å². The first-order valence-electron chi connectivity index (χ1n) is 9.12. The Morgan fingerprint density at radius 1 is 0.900 bits per heavy atom. The van der Waals surface area contributed by atoms with Crippen molar-refractivity contribution in [2.24, 2.45) is 0 Å². The molecule has 2 aromatic carbocycles. The highest BCUT2D eigenvalue weighted by Gasteiger charge is 2.13. The molecule has 1 heterocycles. The Hall–Kier alpha value is -3.39. The molecule has 8 heteroatoms. The monoisotopic (exact) mass is 469 g/mol. The largest absolute Gasteiger partial charge is 0.452 e. The van der Waals surface area contributed by atoms with E-state index in [0.717, 1.165) is 21.5 Å². The number of ether oxygens (including phenoxy) is 1. The molecule has 3 rings (SSSR count). The van der Waals surface area contributed by atoms with Crippen LogP contribution in [0.1, 0.15) is 32.1 Å². The van der Waals surface area contributed by atoms with Gasteiger partial charge in [0.2, 0.25) is 0 Å². The first-order chi connectivity index (χ1) is 14.3. The SMILES string of the molecule is Cc1ccc(C)n1-c1cccc(C(=O)OCC(=O)NNC(=O)c2ccc(Br)cc2)c1. The molecule has 0 aliphatic carbocycles. The van der Waals surface area contributed by atoms with Crippen molar-refractivity contribution in [2.45, 2.75) is 13.8 Å². The minimum atomic E-state index is -0.651. The van der Waals surface area contributed by atoms with Crippen LogP contribution in [-0.4, -0.2) is 29.0 Å². The number of hydrazine groups is 1. The van der Waals surface area contributed by atoms with E-state index in [1.165, 1.54) is 0 Å². The van der Waals surface area contributed by atoms with Crippen LogP contribution in [0.5, 0.6) is 0 Å². The molecule has 0 atom stereocenters. The van der Waals surface area contributed by atoms with Crippen LogP contribution >= 0.6 is 15.9 Å². The molecular weight excluding hydrogens is 450 g/mol. The number of carbonyl (C=O) groups excluding carboxylic acids is 3. The van der Waals surface area contributed by atoms with E-state index in [-0.39, 0.29) is 0 Å². The molecule has 2 N–H and O–H groups in total. The van der Waals surface area contributed by atoms with Crippen LogP contribution < -0.4 is 10.9 Å². The number of aryl methyl sites for hydroxylation is 2. The fourth-order valence-electron chi connectivity index (χ4n) is 2.90. The predicted molar refractivity (Wildman–Crippen MR) is 115 cm³/mol. The van der Waals surface area contributed by atoms with Crippen molar-refractivity contribution in [3.05, 3.63) is 87.7 Å². The van der Waals surface area contributed by atoms with Crippen molar-refractivity contribution in [3.8, 4) is 5.69 Å². The molecule has 7 nitrogen and oxygen atoms in total. The summed E-state index contributed by atoms with van der Waals surface area (Å²) in [5.41, 5.74) is 8.11. The minimum Gasteiger partial charge on any atom is -0.452 e. The van der Waals surface area contributed by atoms with Crippen molar-refractivity contribution in [1.82, 2.24) is 15.4 Å². The lowest BCUT2D eigenvalue weighted by Gasteiger charge is -2.11. The number of carbonyl (C=O) groups is 3. The van der Waals surface area contributed by atoms with Crippen molar-refractivity contribution < 1.29 is 19.1 Å². The number of hydrogen-bond acceptors (Lipinski definition) is 4. The van der Waals surface area contributed by atoms with Gasteiger partial charge >= 0.3 is 5.97 Å². The van der Waals surface area contributed by atoms with E-state index in [4.69, 9.17) is 4.74 Å². The fourth-order valence-corrected chi connectivity index (χ4v) is 3.16. The Morgan fingerprint density at radius 3 is 2.23 bits per heavy atom. The van der Waals surface area contributed by atoms with Gasteiger partial charge in [0, 0.05) is 27.1 Å². The second kappa shape index (κ2) is 9.41. The van der Waals surface area contributed by atoms with Crippen LogP contribution in [0.4, 0.5) is 0 Å². The third-order valence-corrected chi connectivity index (χ3v) is 4.90. The van der Waals surface area contributed by atoms with Gasteiger partial charge in [-0.15, -0.1) is 0 Å². The van der Waals surface area contributed by atoms with E-state index in [9.17, 15) is 14.4 Å². The lowest BCUT2D eigenvalue weighted by Crippen LogP contribution is -2.43. The highest BCUT2D eigenvalue weighted by molar-refractivity contribution is 9.10. The summed E-state index contributed by atoms with van der Waals surface area (Å²) < 4.78 is 7.91. The molecular formula is C22H20BrN3O4. The molecule has 0 radical (unpaired) electrons. The Kier molecular flexibility index (Phi) is 6.68. The van der Waals surface area contributed by atoms with Crippen LogP contribution in [0.15, 0.2) is 65.1 Å². The zero-order valence-electron chi connectivity index (χ0n) is 16.4. The number of nitrogens with one attached hydrogen (secondary N) is 2. The van der Waals surface area contributed by atoms with Gasteiger partial charge in [0.25, 0.3) is 11.8 Å². The van der Waals surface area contributed by atoms with Gasteiger partial charge in [0.1, 0.15) is 0 Å². The summed E-state index contributed by atoms with van der Waals surface area (Å²) in [4.78, 5) is 36.2. The average Bonchev–Trinajstić information content (AvgIpc) is 3.08. The van der Waals surface area contributed by atoms with Gasteiger partial charge in [-0.3, -0.25) is 20.4 Å². The molecule has 0 unspecified atom stereocenters. The summed E-state index contributed by atoms with van der Waals surface area (Å²) in [5, 5.41) is 0. The van der Waals surface area contributed by atoms with Gasteiger partial charge in [-0.2, -0.15) is 0 Å². The van der Waals surface area contributed by atoms with Gasteiger partial charge in [-0.05, 0) is 68.4 Å². The fraction of sp³-hybridized carbons (Fsp3) is 0.136. The Bertz CT molecular complexity index is 1070. The molecule has 1 aromatic heterocycles. The Balaban J connectivity index is 1.54. The van der Waals surface area contributed by atoms with Gasteiger partial charge in [-0.25, -0.2) is 4.79 Å². The summed E-state index contributed by atoms with van der Waals surface area (Å²) >= 11 is 3.28. The summed E-state index contributed by atoms with van der Waals surface area (Å²) in [6.45, 7) is 3.43. The summed E-state index contributed by atoms with van der Waals surface area (Å²) in [6.07, 6.45) is 0. The second-order valence-electron chi connectivity index (χ2n) is 6.59. The highest BCUT2D eigenvalue weighted by atomic mass is 79.9. The number of halogens is 1. The molecule has 0 fully saturated rings. The van der Waals surface area contributed by atoms with Crippen molar-refractivity contribution in [2.75, 3.05) is 6.61 Å². The van der Waals surface area contributed by atoms with Gasteiger partial charge in [0.15, 0.2) is 6.61 Å². The lowest BCUT2D eigenvalue weighted by atomic mass is 10.2. The number of aromatic nitrogens is 1. The van der Waals surface area contributed by atoms with E-state index in [0.29, 0.717) is 11.1 Å². The number of rotatable bonds is 5. The maximum Gasteiger partial charge on any atom is 0.338 e. The first-order valence-corrected chi connectivity index (χ1v) is 9.91. The number of amides is 2. The maximum atomic E-state index is 12.3. The van der Waals surface area contributed by atoms with Gasteiger partial charge < -0.3 is 9.30 Å². The normalized spacial score (nSPS) is 10.4. The molecule has 0 spiro atoms. The van der Waals surface area contributed by atoms with Crippen LogP contribution in [0, 0.1) is 13.8 Å². The molecule has 0 saturated heterocycles. The molecule has 154 valence electrons. The minimum absolute atomic E-state index is 0.326. The third-order valence-electron chi connectivity index (χ3n) is 4.37. The zero-order valence-corrected chi connectivity index (χ0v) is 18.0. The van der Waals surface area contributed by atoms with E-state index in [1.54, 1.807) is 42.5 Å². The van der Waals surface area contributed by atoms with Crippen LogP contribution in [0.3, 0.4) is 0 Å². The topological polar surface area (TPSA) is 89.4 Å². The van der Waals surface area contributed by atoms with Crippen molar-refractivity contribution in [1.29, 1.82) is 0 Å². The molecule has 30 heavy (non-hydrogen) atoms. The number of benzene rings is 2.